The smallest absolute Gasteiger partial charge is 0.153 e. The van der Waals surface area contributed by atoms with E-state index in [1.165, 1.54) is 22.7 Å². The second-order valence-electron chi connectivity index (χ2n) is 4.46. The number of hydrogen-bond donors (Lipinski definition) is 1. The van der Waals surface area contributed by atoms with Gasteiger partial charge in [-0.3, -0.25) is 0 Å². The Morgan fingerprint density at radius 1 is 1.39 bits per heavy atom. The monoisotopic (exact) mass is 284 g/mol. The van der Waals surface area contributed by atoms with Crippen molar-refractivity contribution < 1.29 is 4.42 Å². The molecule has 5 heteroatoms. The first kappa shape index (κ1) is 13.6. The number of aromatic nitrogens is 1. The van der Waals surface area contributed by atoms with Gasteiger partial charge in [-0.2, -0.15) is 0 Å². The van der Waals surface area contributed by atoms with E-state index in [2.05, 4.69) is 12.2 Å². The van der Waals surface area contributed by atoms with E-state index in [4.69, 9.17) is 9.40 Å². The van der Waals surface area contributed by atoms with Crippen LogP contribution >= 0.6 is 23.7 Å². The Morgan fingerprint density at radius 2 is 2.17 bits per heavy atom. The molecule has 1 aliphatic rings. The lowest BCUT2D eigenvalue weighted by molar-refractivity contribution is 0.459. The van der Waals surface area contributed by atoms with Crippen molar-refractivity contribution in [3.8, 4) is 11.5 Å². The third-order valence-electron chi connectivity index (χ3n) is 3.26. The van der Waals surface area contributed by atoms with Gasteiger partial charge in [-0.25, -0.2) is 4.98 Å². The molecule has 0 bridgehead atoms. The van der Waals surface area contributed by atoms with Crippen molar-refractivity contribution in [2.45, 2.75) is 25.7 Å². The van der Waals surface area contributed by atoms with Gasteiger partial charge in [0.15, 0.2) is 5.76 Å². The molecule has 18 heavy (non-hydrogen) atoms. The van der Waals surface area contributed by atoms with Gasteiger partial charge in [-0.1, -0.05) is 0 Å². The molecule has 0 aromatic carbocycles. The molecule has 0 radical (unpaired) electrons. The number of thiazole rings is 1. The molecule has 1 N–H and O–H groups in total. The van der Waals surface area contributed by atoms with Crippen molar-refractivity contribution in [3.05, 3.63) is 28.3 Å². The molecule has 3 nitrogen and oxygen atoms in total. The van der Waals surface area contributed by atoms with Gasteiger partial charge in [0.25, 0.3) is 0 Å². The van der Waals surface area contributed by atoms with E-state index in [1.54, 1.807) is 6.26 Å². The van der Waals surface area contributed by atoms with Gasteiger partial charge in [-0.15, -0.1) is 23.7 Å². The highest BCUT2D eigenvalue weighted by molar-refractivity contribution is 7.12. The van der Waals surface area contributed by atoms with Crippen LogP contribution in [0.2, 0.25) is 0 Å². The normalized spacial score (nSPS) is 16.5. The molecule has 3 heterocycles. The number of piperidine rings is 1. The van der Waals surface area contributed by atoms with Gasteiger partial charge in [0.05, 0.1) is 11.3 Å². The Balaban J connectivity index is 0.00000120. The van der Waals surface area contributed by atoms with Crippen LogP contribution in [0.25, 0.3) is 11.5 Å². The fourth-order valence-corrected chi connectivity index (χ4v) is 3.40. The zero-order chi connectivity index (χ0) is 11.7. The van der Waals surface area contributed by atoms with Gasteiger partial charge in [0.1, 0.15) is 5.69 Å². The van der Waals surface area contributed by atoms with Gasteiger partial charge in [-0.05, 0) is 45.0 Å². The van der Waals surface area contributed by atoms with Crippen LogP contribution in [0.1, 0.15) is 28.6 Å². The molecule has 3 rings (SSSR count). The van der Waals surface area contributed by atoms with E-state index < -0.39 is 0 Å². The molecule has 0 saturated carbocycles. The van der Waals surface area contributed by atoms with E-state index in [0.29, 0.717) is 5.92 Å². The number of halogens is 1. The lowest BCUT2D eigenvalue weighted by Crippen LogP contribution is -2.26. The molecular weight excluding hydrogens is 268 g/mol. The Morgan fingerprint density at radius 3 is 2.83 bits per heavy atom. The molecule has 0 unspecified atom stereocenters. The van der Waals surface area contributed by atoms with Crippen LogP contribution < -0.4 is 5.32 Å². The minimum Gasteiger partial charge on any atom is -0.463 e. The van der Waals surface area contributed by atoms with E-state index in [0.717, 1.165) is 24.5 Å². The first-order valence-electron chi connectivity index (χ1n) is 6.06. The van der Waals surface area contributed by atoms with Crippen LogP contribution in [0.5, 0.6) is 0 Å². The van der Waals surface area contributed by atoms with Crippen molar-refractivity contribution >= 4 is 23.7 Å². The zero-order valence-electron chi connectivity index (χ0n) is 10.3. The van der Waals surface area contributed by atoms with E-state index in [-0.39, 0.29) is 12.4 Å². The first-order valence-corrected chi connectivity index (χ1v) is 6.88. The fourth-order valence-electron chi connectivity index (χ4n) is 2.30. The Labute approximate surface area is 117 Å². The lowest BCUT2D eigenvalue weighted by Gasteiger charge is -2.20. The SMILES string of the molecule is Cc1sc(C2CCNCC2)nc1-c1ccco1.Cl. The second-order valence-corrected chi connectivity index (χ2v) is 5.69. The number of nitrogens with one attached hydrogen (secondary N) is 1. The molecule has 0 atom stereocenters. The highest BCUT2D eigenvalue weighted by atomic mass is 35.5. The number of aryl methyl sites for hydroxylation is 1. The first-order chi connectivity index (χ1) is 8.34. The van der Waals surface area contributed by atoms with Crippen LogP contribution in [0.15, 0.2) is 22.8 Å². The molecule has 1 fully saturated rings. The summed E-state index contributed by atoms with van der Waals surface area (Å²) in [5.74, 6) is 1.52. The highest BCUT2D eigenvalue weighted by Crippen LogP contribution is 2.34. The average Bonchev–Trinajstić information content (AvgIpc) is 2.99. The highest BCUT2D eigenvalue weighted by Gasteiger charge is 2.21. The molecule has 1 aliphatic heterocycles. The van der Waals surface area contributed by atoms with Gasteiger partial charge >= 0.3 is 0 Å². The average molecular weight is 285 g/mol. The Bertz CT molecular complexity index is 489. The van der Waals surface area contributed by atoms with Gasteiger partial charge in [0, 0.05) is 10.8 Å². The largest absolute Gasteiger partial charge is 0.463 e. The predicted molar refractivity (Wildman–Crippen MR) is 76.6 cm³/mol. The Hall–Kier alpha value is -0.840. The van der Waals surface area contributed by atoms with E-state index in [9.17, 15) is 0 Å². The van der Waals surface area contributed by atoms with Crippen molar-refractivity contribution in [2.75, 3.05) is 13.1 Å². The van der Waals surface area contributed by atoms with Crippen LogP contribution in [0, 0.1) is 6.92 Å². The minimum absolute atomic E-state index is 0. The Kier molecular flexibility index (Phi) is 4.43. The van der Waals surface area contributed by atoms with Crippen LogP contribution in [0.4, 0.5) is 0 Å². The molecule has 0 spiro atoms. The molecule has 0 aliphatic carbocycles. The molecule has 2 aromatic rings. The summed E-state index contributed by atoms with van der Waals surface area (Å²) in [6.07, 6.45) is 4.10. The summed E-state index contributed by atoms with van der Waals surface area (Å²) < 4.78 is 5.43. The number of hydrogen-bond acceptors (Lipinski definition) is 4. The quantitative estimate of drug-likeness (QED) is 0.916. The summed E-state index contributed by atoms with van der Waals surface area (Å²) in [5, 5.41) is 4.67. The fraction of sp³-hybridized carbons (Fsp3) is 0.462. The third kappa shape index (κ3) is 2.60. The summed E-state index contributed by atoms with van der Waals surface area (Å²) in [5.41, 5.74) is 1.02. The maximum atomic E-state index is 5.43. The van der Waals surface area contributed by atoms with Gasteiger partial charge in [0.2, 0.25) is 0 Å². The maximum Gasteiger partial charge on any atom is 0.153 e. The topological polar surface area (TPSA) is 38.1 Å². The minimum atomic E-state index is 0. The second kappa shape index (κ2) is 5.87. The van der Waals surface area contributed by atoms with Crippen molar-refractivity contribution in [3.63, 3.8) is 0 Å². The maximum absolute atomic E-state index is 5.43. The van der Waals surface area contributed by atoms with Crippen molar-refractivity contribution in [1.29, 1.82) is 0 Å². The van der Waals surface area contributed by atoms with Crippen molar-refractivity contribution in [1.82, 2.24) is 10.3 Å². The van der Waals surface area contributed by atoms with Crippen LogP contribution in [-0.2, 0) is 0 Å². The predicted octanol–water partition coefficient (Wildman–Crippen LogP) is 3.60. The summed E-state index contributed by atoms with van der Waals surface area (Å²) in [4.78, 5) is 6.03. The zero-order valence-corrected chi connectivity index (χ0v) is 11.9. The molecule has 1 saturated heterocycles. The molecule has 2 aromatic heterocycles. The van der Waals surface area contributed by atoms with Crippen LogP contribution in [-0.4, -0.2) is 18.1 Å². The summed E-state index contributed by atoms with van der Waals surface area (Å²) >= 11 is 1.82. The summed E-state index contributed by atoms with van der Waals surface area (Å²) in [6, 6.07) is 3.90. The molecule has 0 amide bonds. The summed E-state index contributed by atoms with van der Waals surface area (Å²) in [6.45, 7) is 4.35. The number of furan rings is 1. The van der Waals surface area contributed by atoms with E-state index >= 15 is 0 Å². The number of nitrogens with zero attached hydrogens (tertiary/aromatic N) is 1. The van der Waals surface area contributed by atoms with E-state index in [1.807, 2.05) is 23.5 Å². The summed E-state index contributed by atoms with van der Waals surface area (Å²) in [7, 11) is 0. The van der Waals surface area contributed by atoms with Gasteiger partial charge < -0.3 is 9.73 Å². The lowest BCUT2D eigenvalue weighted by atomic mass is 9.99. The van der Waals surface area contributed by atoms with Crippen LogP contribution in [0.3, 0.4) is 0 Å². The van der Waals surface area contributed by atoms with Crippen molar-refractivity contribution in [2.24, 2.45) is 0 Å². The standard InChI is InChI=1S/C13H16N2OS.ClH/c1-9-12(11-3-2-8-16-11)15-13(17-9)10-4-6-14-7-5-10;/h2-3,8,10,14H,4-7H2,1H3;1H. The molecule has 98 valence electrons. The number of rotatable bonds is 2. The third-order valence-corrected chi connectivity index (χ3v) is 4.39. The molecular formula is C13H17ClN2OS.